The van der Waals surface area contributed by atoms with Crippen molar-refractivity contribution in [3.8, 4) is 0 Å². The molecule has 0 unspecified atom stereocenters. The number of carbonyl (C=O) groups excluding carboxylic acids is 1. The maximum atomic E-state index is 11.9. The Balaban J connectivity index is 2.33. The third-order valence-corrected chi connectivity index (χ3v) is 4.90. The Hall–Kier alpha value is -1.34. The summed E-state index contributed by atoms with van der Waals surface area (Å²) in [5, 5.41) is 6.47. The number of hydrogen-bond acceptors (Lipinski definition) is 4. The van der Waals surface area contributed by atoms with Gasteiger partial charge in [0.2, 0.25) is 5.91 Å². The van der Waals surface area contributed by atoms with E-state index in [1.54, 1.807) is 0 Å². The molecule has 1 saturated heterocycles. The van der Waals surface area contributed by atoms with Gasteiger partial charge >= 0.3 is 0 Å². The summed E-state index contributed by atoms with van der Waals surface area (Å²) in [5.74, 6) is 1.09. The number of guanidine groups is 1. The molecule has 1 aliphatic heterocycles. The lowest BCUT2D eigenvalue weighted by molar-refractivity contribution is -0.123. The highest BCUT2D eigenvalue weighted by molar-refractivity contribution is 5.80. The summed E-state index contributed by atoms with van der Waals surface area (Å²) in [6.07, 6.45) is 1.10. The van der Waals surface area contributed by atoms with Gasteiger partial charge in [-0.3, -0.25) is 19.6 Å². The van der Waals surface area contributed by atoms with E-state index in [4.69, 9.17) is 0 Å². The fraction of sp³-hybridized carbons (Fsp3) is 0.900. The molecule has 0 saturated carbocycles. The van der Waals surface area contributed by atoms with Gasteiger partial charge in [0.15, 0.2) is 5.96 Å². The number of nitrogens with zero attached hydrogens (tertiary/aromatic N) is 4. The first-order valence-corrected chi connectivity index (χ1v) is 10.5. The van der Waals surface area contributed by atoms with Crippen LogP contribution in [-0.4, -0.2) is 97.6 Å². The van der Waals surface area contributed by atoms with Crippen LogP contribution >= 0.6 is 0 Å². The molecule has 0 spiro atoms. The average molecular weight is 383 g/mol. The fourth-order valence-corrected chi connectivity index (χ4v) is 3.60. The molecule has 1 aliphatic rings. The van der Waals surface area contributed by atoms with Crippen molar-refractivity contribution in [2.75, 3.05) is 52.9 Å². The van der Waals surface area contributed by atoms with Crippen LogP contribution in [0.3, 0.4) is 0 Å². The van der Waals surface area contributed by atoms with Crippen LogP contribution in [0.5, 0.6) is 0 Å². The fourth-order valence-electron chi connectivity index (χ4n) is 3.60. The zero-order chi connectivity index (χ0) is 20.4. The van der Waals surface area contributed by atoms with Crippen LogP contribution in [0.1, 0.15) is 48.0 Å². The summed E-state index contributed by atoms with van der Waals surface area (Å²) >= 11 is 0. The molecule has 0 aromatic carbocycles. The summed E-state index contributed by atoms with van der Waals surface area (Å²) in [6.45, 7) is 19.1. The van der Waals surface area contributed by atoms with Crippen molar-refractivity contribution in [1.82, 2.24) is 25.3 Å². The van der Waals surface area contributed by atoms with Gasteiger partial charge in [-0.05, 0) is 48.0 Å². The SMILES string of the molecule is CN=C(NCCCN(C(C)C)C(C)C)N1CCN(CC(=O)NC(C)C)CC1. The highest BCUT2D eigenvalue weighted by atomic mass is 16.2. The summed E-state index contributed by atoms with van der Waals surface area (Å²) in [4.78, 5) is 23.4. The van der Waals surface area contributed by atoms with E-state index >= 15 is 0 Å². The van der Waals surface area contributed by atoms with E-state index in [9.17, 15) is 4.79 Å². The Morgan fingerprint density at radius 1 is 1.04 bits per heavy atom. The second kappa shape index (κ2) is 12.2. The molecule has 1 amide bonds. The van der Waals surface area contributed by atoms with Gasteiger partial charge in [0.25, 0.3) is 0 Å². The third kappa shape index (κ3) is 8.93. The summed E-state index contributed by atoms with van der Waals surface area (Å²) in [7, 11) is 1.85. The number of rotatable bonds is 9. The van der Waals surface area contributed by atoms with Gasteiger partial charge < -0.3 is 15.5 Å². The molecule has 1 fully saturated rings. The molecule has 7 nitrogen and oxygen atoms in total. The number of piperazine rings is 1. The highest BCUT2D eigenvalue weighted by Gasteiger charge is 2.21. The maximum Gasteiger partial charge on any atom is 0.234 e. The van der Waals surface area contributed by atoms with Gasteiger partial charge in [0.1, 0.15) is 0 Å². The van der Waals surface area contributed by atoms with Crippen molar-refractivity contribution in [3.63, 3.8) is 0 Å². The summed E-state index contributed by atoms with van der Waals surface area (Å²) in [5.41, 5.74) is 0. The molecule has 1 heterocycles. The van der Waals surface area contributed by atoms with Crippen LogP contribution in [0.4, 0.5) is 0 Å². The minimum atomic E-state index is 0.112. The zero-order valence-electron chi connectivity index (χ0n) is 18.6. The monoisotopic (exact) mass is 382 g/mol. The number of hydrogen-bond donors (Lipinski definition) is 2. The summed E-state index contributed by atoms with van der Waals surface area (Å²) in [6, 6.07) is 1.35. The van der Waals surface area contributed by atoms with Crippen molar-refractivity contribution >= 4 is 11.9 Å². The highest BCUT2D eigenvalue weighted by Crippen LogP contribution is 2.06. The predicted octanol–water partition coefficient (Wildman–Crippen LogP) is 1.21. The lowest BCUT2D eigenvalue weighted by atomic mass is 10.2. The van der Waals surface area contributed by atoms with Gasteiger partial charge in [-0.1, -0.05) is 0 Å². The summed E-state index contributed by atoms with van der Waals surface area (Å²) < 4.78 is 0. The first-order valence-electron chi connectivity index (χ1n) is 10.5. The van der Waals surface area contributed by atoms with Gasteiger partial charge in [0, 0.05) is 64.4 Å². The van der Waals surface area contributed by atoms with Crippen molar-refractivity contribution in [2.24, 2.45) is 4.99 Å². The molecule has 0 aromatic rings. The largest absolute Gasteiger partial charge is 0.356 e. The molecule has 0 aromatic heterocycles. The van der Waals surface area contributed by atoms with Gasteiger partial charge in [0.05, 0.1) is 6.54 Å². The molecule has 0 bridgehead atoms. The molecule has 27 heavy (non-hydrogen) atoms. The molecule has 0 radical (unpaired) electrons. The smallest absolute Gasteiger partial charge is 0.234 e. The normalized spacial score (nSPS) is 16.7. The van der Waals surface area contributed by atoms with Crippen LogP contribution in [0.15, 0.2) is 4.99 Å². The van der Waals surface area contributed by atoms with E-state index in [-0.39, 0.29) is 11.9 Å². The Morgan fingerprint density at radius 2 is 1.63 bits per heavy atom. The second-order valence-corrected chi connectivity index (χ2v) is 8.24. The van der Waals surface area contributed by atoms with E-state index in [1.165, 1.54) is 0 Å². The first kappa shape index (κ1) is 23.7. The molecule has 0 atom stereocenters. The standard InChI is InChI=1S/C20H42N6O/c1-16(2)23-19(27)15-24-11-13-25(14-12-24)20(21-7)22-9-8-10-26(17(3)4)18(5)6/h16-18H,8-15H2,1-7H3,(H,21,22)(H,23,27). The van der Waals surface area contributed by atoms with E-state index < -0.39 is 0 Å². The Kier molecular flexibility index (Phi) is 10.7. The molecule has 0 aliphatic carbocycles. The second-order valence-electron chi connectivity index (χ2n) is 8.24. The first-order chi connectivity index (χ1) is 12.7. The van der Waals surface area contributed by atoms with Gasteiger partial charge in [-0.25, -0.2) is 0 Å². The van der Waals surface area contributed by atoms with E-state index in [1.807, 2.05) is 20.9 Å². The number of amides is 1. The van der Waals surface area contributed by atoms with Gasteiger partial charge in [-0.2, -0.15) is 0 Å². The molecule has 1 rings (SSSR count). The van der Waals surface area contributed by atoms with Crippen molar-refractivity contribution in [3.05, 3.63) is 0 Å². The van der Waals surface area contributed by atoms with Gasteiger partial charge in [-0.15, -0.1) is 0 Å². The van der Waals surface area contributed by atoms with Crippen LogP contribution in [0.2, 0.25) is 0 Å². The molecule has 158 valence electrons. The lowest BCUT2D eigenvalue weighted by Crippen LogP contribution is -2.54. The van der Waals surface area contributed by atoms with E-state index in [0.717, 1.165) is 51.6 Å². The predicted molar refractivity (Wildman–Crippen MR) is 114 cm³/mol. The maximum absolute atomic E-state index is 11.9. The quantitative estimate of drug-likeness (QED) is 0.357. The minimum Gasteiger partial charge on any atom is -0.356 e. The number of nitrogens with one attached hydrogen (secondary N) is 2. The molecule has 7 heteroatoms. The van der Waals surface area contributed by atoms with Crippen LogP contribution < -0.4 is 10.6 Å². The van der Waals surface area contributed by atoms with Crippen molar-refractivity contribution < 1.29 is 4.79 Å². The Labute approximate surface area is 166 Å². The zero-order valence-corrected chi connectivity index (χ0v) is 18.6. The van der Waals surface area contributed by atoms with Crippen molar-refractivity contribution in [2.45, 2.75) is 66.1 Å². The topological polar surface area (TPSA) is 63.2 Å². The van der Waals surface area contributed by atoms with Crippen LogP contribution in [0, 0.1) is 0 Å². The van der Waals surface area contributed by atoms with E-state index in [2.05, 4.69) is 58.0 Å². The molecule has 2 N–H and O–H groups in total. The van der Waals surface area contributed by atoms with E-state index in [0.29, 0.717) is 18.6 Å². The Bertz CT molecular complexity index is 447. The molecular formula is C20H42N6O. The number of aliphatic imine (C=N–C) groups is 1. The minimum absolute atomic E-state index is 0.112. The van der Waals surface area contributed by atoms with Crippen LogP contribution in [-0.2, 0) is 4.79 Å². The van der Waals surface area contributed by atoms with Crippen LogP contribution in [0.25, 0.3) is 0 Å². The van der Waals surface area contributed by atoms with Crippen molar-refractivity contribution in [1.29, 1.82) is 0 Å². The number of carbonyl (C=O) groups is 1. The lowest BCUT2D eigenvalue weighted by Gasteiger charge is -2.36. The third-order valence-electron chi connectivity index (χ3n) is 4.90. The molecular weight excluding hydrogens is 340 g/mol. The Morgan fingerprint density at radius 3 is 2.11 bits per heavy atom. The average Bonchev–Trinajstić information content (AvgIpc) is 2.57.